The Morgan fingerprint density at radius 3 is 2.77 bits per heavy atom. The van der Waals surface area contributed by atoms with Crippen LogP contribution in [0.15, 0.2) is 5.11 Å². The average molecular weight is 186 g/mol. The smallest absolute Gasteiger partial charge is 0.0529 e. The highest BCUT2D eigenvalue weighted by Crippen LogP contribution is 2.13. The summed E-state index contributed by atoms with van der Waals surface area (Å²) < 4.78 is 5.35. The average Bonchev–Trinajstić information content (AvgIpc) is 2.04. The second kappa shape index (κ2) is 6.71. The zero-order valence-corrected chi connectivity index (χ0v) is 8.58. The molecule has 0 aromatic rings. The van der Waals surface area contributed by atoms with E-state index in [4.69, 9.17) is 10.3 Å². The molecule has 0 aromatic carbocycles. The lowest BCUT2D eigenvalue weighted by Gasteiger charge is -2.23. The topological polar surface area (TPSA) is 70.0 Å². The Hall–Kier alpha value is -0.770. The van der Waals surface area contributed by atoms with Gasteiger partial charge in [-0.05, 0) is 12.6 Å². The summed E-state index contributed by atoms with van der Waals surface area (Å²) in [6, 6.07) is 0. The molecular formula is C8H18N4O. The van der Waals surface area contributed by atoms with Gasteiger partial charge in [0.15, 0.2) is 0 Å². The van der Waals surface area contributed by atoms with Crippen molar-refractivity contribution in [2.75, 3.05) is 33.4 Å². The Morgan fingerprint density at radius 2 is 2.23 bits per heavy atom. The van der Waals surface area contributed by atoms with Crippen molar-refractivity contribution in [3.8, 4) is 0 Å². The number of rotatable bonds is 7. The first-order chi connectivity index (χ1) is 6.12. The van der Waals surface area contributed by atoms with Gasteiger partial charge in [0.05, 0.1) is 13.2 Å². The van der Waals surface area contributed by atoms with Crippen LogP contribution < -0.4 is 5.32 Å². The molecule has 0 spiro atoms. The second-order valence-electron chi connectivity index (χ2n) is 3.70. The molecule has 0 saturated heterocycles. The molecule has 0 heterocycles. The Morgan fingerprint density at radius 1 is 1.54 bits per heavy atom. The van der Waals surface area contributed by atoms with Gasteiger partial charge in [0, 0.05) is 23.4 Å². The second-order valence-corrected chi connectivity index (χ2v) is 3.70. The molecule has 1 N–H and O–H groups in total. The summed E-state index contributed by atoms with van der Waals surface area (Å²) >= 11 is 0. The van der Waals surface area contributed by atoms with Crippen molar-refractivity contribution < 1.29 is 4.74 Å². The third-order valence-corrected chi connectivity index (χ3v) is 1.55. The van der Waals surface area contributed by atoms with Crippen LogP contribution in [-0.2, 0) is 4.74 Å². The van der Waals surface area contributed by atoms with E-state index >= 15 is 0 Å². The van der Waals surface area contributed by atoms with Crippen molar-refractivity contribution in [2.24, 2.45) is 10.5 Å². The van der Waals surface area contributed by atoms with Crippen LogP contribution in [0.5, 0.6) is 0 Å². The van der Waals surface area contributed by atoms with Gasteiger partial charge in [0.2, 0.25) is 0 Å². The van der Waals surface area contributed by atoms with Crippen LogP contribution in [-0.4, -0.2) is 33.4 Å². The van der Waals surface area contributed by atoms with Gasteiger partial charge in [-0.2, -0.15) is 0 Å². The van der Waals surface area contributed by atoms with Gasteiger partial charge in [-0.25, -0.2) is 0 Å². The third-order valence-electron chi connectivity index (χ3n) is 1.55. The van der Waals surface area contributed by atoms with Gasteiger partial charge < -0.3 is 10.1 Å². The largest absolute Gasteiger partial charge is 0.381 e. The molecule has 0 saturated carbocycles. The lowest BCUT2D eigenvalue weighted by Crippen LogP contribution is -2.31. The zero-order chi connectivity index (χ0) is 10.2. The summed E-state index contributed by atoms with van der Waals surface area (Å²) in [5.41, 5.74) is 8.13. The number of hydrogen-bond acceptors (Lipinski definition) is 3. The fourth-order valence-corrected chi connectivity index (χ4v) is 1.03. The molecule has 0 aliphatic heterocycles. The Bertz CT molecular complexity index is 175. The Balaban J connectivity index is 3.45. The van der Waals surface area contributed by atoms with Gasteiger partial charge in [0.1, 0.15) is 0 Å². The van der Waals surface area contributed by atoms with Crippen LogP contribution in [0.3, 0.4) is 0 Å². The molecule has 0 atom stereocenters. The van der Waals surface area contributed by atoms with Crippen LogP contribution >= 0.6 is 0 Å². The van der Waals surface area contributed by atoms with E-state index in [1.165, 1.54) is 0 Å². The predicted molar refractivity (Wildman–Crippen MR) is 52.5 cm³/mol. The first-order valence-electron chi connectivity index (χ1n) is 4.35. The van der Waals surface area contributed by atoms with Gasteiger partial charge in [-0.15, -0.1) is 0 Å². The van der Waals surface area contributed by atoms with Crippen LogP contribution in [0, 0.1) is 5.41 Å². The van der Waals surface area contributed by atoms with Crippen molar-refractivity contribution in [1.82, 2.24) is 5.32 Å². The molecular weight excluding hydrogens is 168 g/mol. The predicted octanol–water partition coefficient (Wildman–Crippen LogP) is 1.56. The Labute approximate surface area is 79.1 Å². The van der Waals surface area contributed by atoms with E-state index in [1.54, 1.807) is 0 Å². The highest BCUT2D eigenvalue weighted by molar-refractivity contribution is 4.69. The summed E-state index contributed by atoms with van der Waals surface area (Å²) in [5, 5.41) is 6.48. The summed E-state index contributed by atoms with van der Waals surface area (Å²) in [5.74, 6) is 0. The molecule has 0 rings (SSSR count). The van der Waals surface area contributed by atoms with Crippen molar-refractivity contribution >= 4 is 0 Å². The lowest BCUT2D eigenvalue weighted by molar-refractivity contribution is 0.0680. The van der Waals surface area contributed by atoms with E-state index in [9.17, 15) is 0 Å². The molecule has 5 heteroatoms. The monoisotopic (exact) mass is 186 g/mol. The van der Waals surface area contributed by atoms with Crippen LogP contribution in [0.25, 0.3) is 10.4 Å². The van der Waals surface area contributed by atoms with Gasteiger partial charge in [-0.3, -0.25) is 0 Å². The molecule has 0 aliphatic carbocycles. The molecule has 0 amide bonds. The number of hydrogen-bond donors (Lipinski definition) is 1. The molecule has 5 nitrogen and oxygen atoms in total. The molecule has 0 aliphatic rings. The normalized spacial score (nSPS) is 11.0. The van der Waals surface area contributed by atoms with E-state index in [0.29, 0.717) is 19.8 Å². The van der Waals surface area contributed by atoms with Crippen molar-refractivity contribution in [2.45, 2.75) is 13.8 Å². The highest BCUT2D eigenvalue weighted by Gasteiger charge is 2.16. The number of ether oxygens (including phenoxy) is 1. The molecule has 0 unspecified atom stereocenters. The number of azide groups is 1. The van der Waals surface area contributed by atoms with Gasteiger partial charge in [-0.1, -0.05) is 19.0 Å². The summed E-state index contributed by atoms with van der Waals surface area (Å²) in [7, 11) is 1.92. The van der Waals surface area contributed by atoms with E-state index in [-0.39, 0.29) is 5.41 Å². The minimum Gasteiger partial charge on any atom is -0.381 e. The molecule has 0 radical (unpaired) electrons. The molecule has 0 bridgehead atoms. The first kappa shape index (κ1) is 12.2. The lowest BCUT2D eigenvalue weighted by atomic mass is 9.95. The minimum absolute atomic E-state index is 0.130. The van der Waals surface area contributed by atoms with Crippen molar-refractivity contribution in [3.63, 3.8) is 0 Å². The number of nitrogens with one attached hydrogen (secondary N) is 1. The van der Waals surface area contributed by atoms with E-state index in [1.807, 2.05) is 7.05 Å². The number of nitrogens with zero attached hydrogens (tertiary/aromatic N) is 3. The third kappa shape index (κ3) is 7.59. The maximum atomic E-state index is 8.00. The van der Waals surface area contributed by atoms with E-state index in [2.05, 4.69) is 29.2 Å². The molecule has 0 aromatic heterocycles. The van der Waals surface area contributed by atoms with E-state index in [0.717, 1.165) is 6.54 Å². The summed E-state index contributed by atoms with van der Waals surface area (Å²) in [4.78, 5) is 2.64. The van der Waals surface area contributed by atoms with Crippen molar-refractivity contribution in [1.29, 1.82) is 0 Å². The van der Waals surface area contributed by atoms with Gasteiger partial charge in [0.25, 0.3) is 0 Å². The molecule has 13 heavy (non-hydrogen) atoms. The van der Waals surface area contributed by atoms with Gasteiger partial charge >= 0.3 is 0 Å². The standard InChI is InChI=1S/C8H18N4O/c1-8(2,6-10-3)7-13-5-4-11-12-9/h10H,4-7H2,1-3H3. The Kier molecular flexibility index (Phi) is 6.32. The van der Waals surface area contributed by atoms with Crippen molar-refractivity contribution in [3.05, 3.63) is 10.4 Å². The molecule has 0 fully saturated rings. The minimum atomic E-state index is 0.130. The SMILES string of the molecule is CNCC(C)(C)COCCN=[N+]=[N-]. The highest BCUT2D eigenvalue weighted by atomic mass is 16.5. The fourth-order valence-electron chi connectivity index (χ4n) is 1.03. The quantitative estimate of drug-likeness (QED) is 0.283. The fraction of sp³-hybridized carbons (Fsp3) is 1.00. The van der Waals surface area contributed by atoms with Crippen LogP contribution in [0.2, 0.25) is 0 Å². The van der Waals surface area contributed by atoms with E-state index < -0.39 is 0 Å². The maximum Gasteiger partial charge on any atom is 0.0529 e. The summed E-state index contributed by atoms with van der Waals surface area (Å²) in [6.45, 7) is 6.74. The molecule has 76 valence electrons. The van der Waals surface area contributed by atoms with Crippen LogP contribution in [0.4, 0.5) is 0 Å². The summed E-state index contributed by atoms with van der Waals surface area (Å²) in [6.07, 6.45) is 0. The van der Waals surface area contributed by atoms with Crippen LogP contribution in [0.1, 0.15) is 13.8 Å². The first-order valence-corrected chi connectivity index (χ1v) is 4.35. The maximum absolute atomic E-state index is 8.00. The zero-order valence-electron chi connectivity index (χ0n) is 8.58.